The molecule has 1 fully saturated rings. The highest BCUT2D eigenvalue weighted by molar-refractivity contribution is 5.16. The minimum absolute atomic E-state index is 0.219. The van der Waals surface area contributed by atoms with Crippen LogP contribution >= 0.6 is 0 Å². The molecule has 0 amide bonds. The molecule has 76 valence electrons. The number of hydrogen-bond donors (Lipinski definition) is 2. The molecule has 0 aliphatic heterocycles. The van der Waals surface area contributed by atoms with E-state index in [1.54, 1.807) is 0 Å². The second kappa shape index (κ2) is 3.09. The minimum Gasteiger partial charge on any atom is -0.481 e. The van der Waals surface area contributed by atoms with Crippen molar-refractivity contribution >= 4 is 0 Å². The fraction of sp³-hybridized carbons (Fsp3) is 0.556. The van der Waals surface area contributed by atoms with Crippen LogP contribution in [0.4, 0.5) is 0 Å². The number of H-pyrrole nitrogens is 1. The largest absolute Gasteiger partial charge is 0.481 e. The van der Waals surface area contributed by atoms with Crippen LogP contribution in [0.5, 0.6) is 5.88 Å². The molecule has 14 heavy (non-hydrogen) atoms. The summed E-state index contributed by atoms with van der Waals surface area (Å²) >= 11 is 0. The van der Waals surface area contributed by atoms with Crippen molar-refractivity contribution in [2.45, 2.75) is 24.8 Å². The Balaban J connectivity index is 2.42. The second-order valence-corrected chi connectivity index (χ2v) is 3.65. The van der Waals surface area contributed by atoms with Gasteiger partial charge in [-0.05, 0) is 19.3 Å². The molecule has 1 aliphatic carbocycles. The molecule has 5 nitrogen and oxygen atoms in total. The number of hydrogen-bond acceptors (Lipinski definition) is 4. The molecule has 0 aromatic carbocycles. The summed E-state index contributed by atoms with van der Waals surface area (Å²) in [5.41, 5.74) is 5.36. The van der Waals surface area contributed by atoms with Gasteiger partial charge in [0.25, 0.3) is 5.56 Å². The summed E-state index contributed by atoms with van der Waals surface area (Å²) in [6, 6.07) is 1.31. The predicted octanol–water partition coefficient (Wildman–Crippen LogP) is 0.116. The summed E-state index contributed by atoms with van der Waals surface area (Å²) in [4.78, 5) is 18.0. The molecule has 1 saturated carbocycles. The first-order chi connectivity index (χ1) is 6.64. The van der Waals surface area contributed by atoms with Crippen molar-refractivity contribution in [3.05, 3.63) is 22.2 Å². The van der Waals surface area contributed by atoms with Crippen molar-refractivity contribution in [2.75, 3.05) is 7.11 Å². The van der Waals surface area contributed by atoms with E-state index in [-0.39, 0.29) is 5.56 Å². The van der Waals surface area contributed by atoms with Gasteiger partial charge < -0.3 is 15.5 Å². The molecule has 0 saturated heterocycles. The van der Waals surface area contributed by atoms with Gasteiger partial charge in [0.05, 0.1) is 18.7 Å². The van der Waals surface area contributed by atoms with E-state index in [2.05, 4.69) is 9.97 Å². The fourth-order valence-electron chi connectivity index (χ4n) is 1.57. The standard InChI is InChI=1S/C9H13N3O2/c1-14-7-5-6(13)11-8(12-7)9(10)3-2-4-9/h5H,2-4,10H2,1H3,(H,11,12,13). The first-order valence-corrected chi connectivity index (χ1v) is 4.59. The summed E-state index contributed by atoms with van der Waals surface area (Å²) in [6.07, 6.45) is 2.81. The highest BCUT2D eigenvalue weighted by Gasteiger charge is 2.37. The normalized spacial score (nSPS) is 18.7. The molecular weight excluding hydrogens is 182 g/mol. The SMILES string of the molecule is COc1cc(=O)[nH]c(C2(N)CCC2)n1. The minimum atomic E-state index is -0.451. The van der Waals surface area contributed by atoms with Crippen molar-refractivity contribution in [1.29, 1.82) is 0 Å². The fourth-order valence-corrected chi connectivity index (χ4v) is 1.57. The first-order valence-electron chi connectivity index (χ1n) is 4.59. The third kappa shape index (κ3) is 1.39. The molecule has 1 heterocycles. The van der Waals surface area contributed by atoms with Crippen molar-refractivity contribution in [3.63, 3.8) is 0 Å². The number of nitrogens with zero attached hydrogens (tertiary/aromatic N) is 1. The van der Waals surface area contributed by atoms with Crippen LogP contribution in [0.3, 0.4) is 0 Å². The van der Waals surface area contributed by atoms with Crippen molar-refractivity contribution in [1.82, 2.24) is 9.97 Å². The van der Waals surface area contributed by atoms with Crippen LogP contribution in [0.2, 0.25) is 0 Å². The Morgan fingerprint density at radius 3 is 2.86 bits per heavy atom. The Labute approximate surface area is 81.3 Å². The van der Waals surface area contributed by atoms with E-state index < -0.39 is 5.54 Å². The molecule has 0 unspecified atom stereocenters. The lowest BCUT2D eigenvalue weighted by atomic mass is 9.77. The third-order valence-corrected chi connectivity index (χ3v) is 2.64. The van der Waals surface area contributed by atoms with Crippen LogP contribution < -0.4 is 16.0 Å². The van der Waals surface area contributed by atoms with Gasteiger partial charge in [0, 0.05) is 0 Å². The number of nitrogens with one attached hydrogen (secondary N) is 1. The van der Waals surface area contributed by atoms with E-state index in [1.807, 2.05) is 0 Å². The zero-order valence-corrected chi connectivity index (χ0v) is 8.04. The lowest BCUT2D eigenvalue weighted by Gasteiger charge is -2.36. The smallest absolute Gasteiger partial charge is 0.254 e. The van der Waals surface area contributed by atoms with Crippen molar-refractivity contribution in [2.24, 2.45) is 5.73 Å². The van der Waals surface area contributed by atoms with Crippen LogP contribution in [0.1, 0.15) is 25.1 Å². The van der Waals surface area contributed by atoms with E-state index >= 15 is 0 Å². The second-order valence-electron chi connectivity index (χ2n) is 3.65. The van der Waals surface area contributed by atoms with Gasteiger partial charge in [0.1, 0.15) is 5.82 Å². The van der Waals surface area contributed by atoms with Gasteiger partial charge in [-0.25, -0.2) is 0 Å². The Bertz CT molecular complexity index is 395. The molecule has 2 rings (SSSR count). The zero-order valence-electron chi connectivity index (χ0n) is 8.04. The van der Waals surface area contributed by atoms with Gasteiger partial charge >= 0.3 is 0 Å². The summed E-state index contributed by atoms with van der Waals surface area (Å²) in [5, 5.41) is 0. The average molecular weight is 195 g/mol. The average Bonchev–Trinajstić information content (AvgIpc) is 2.13. The number of nitrogens with two attached hydrogens (primary N) is 1. The van der Waals surface area contributed by atoms with E-state index in [0.29, 0.717) is 11.7 Å². The molecule has 1 aromatic heterocycles. The molecule has 0 spiro atoms. The van der Waals surface area contributed by atoms with Gasteiger partial charge in [-0.15, -0.1) is 0 Å². The van der Waals surface area contributed by atoms with Gasteiger partial charge in [0.2, 0.25) is 5.88 Å². The lowest BCUT2D eigenvalue weighted by molar-refractivity contribution is 0.234. The highest BCUT2D eigenvalue weighted by atomic mass is 16.5. The Kier molecular flexibility index (Phi) is 2.03. The molecule has 0 bridgehead atoms. The Hall–Kier alpha value is -1.36. The number of aromatic nitrogens is 2. The highest BCUT2D eigenvalue weighted by Crippen LogP contribution is 2.36. The molecule has 1 aliphatic rings. The van der Waals surface area contributed by atoms with E-state index in [1.165, 1.54) is 13.2 Å². The third-order valence-electron chi connectivity index (χ3n) is 2.64. The number of aromatic amines is 1. The molecular formula is C9H13N3O2. The molecule has 5 heteroatoms. The van der Waals surface area contributed by atoms with Crippen LogP contribution in [-0.2, 0) is 5.54 Å². The Morgan fingerprint density at radius 1 is 1.64 bits per heavy atom. The number of methoxy groups -OCH3 is 1. The molecule has 0 atom stereocenters. The predicted molar refractivity (Wildman–Crippen MR) is 51.1 cm³/mol. The maximum absolute atomic E-state index is 11.2. The maximum atomic E-state index is 11.2. The van der Waals surface area contributed by atoms with Crippen LogP contribution in [0, 0.1) is 0 Å². The zero-order chi connectivity index (χ0) is 10.2. The van der Waals surface area contributed by atoms with Gasteiger partial charge in [-0.3, -0.25) is 4.79 Å². The monoisotopic (exact) mass is 195 g/mol. The van der Waals surface area contributed by atoms with Crippen LogP contribution in [0.25, 0.3) is 0 Å². The maximum Gasteiger partial charge on any atom is 0.254 e. The van der Waals surface area contributed by atoms with Crippen molar-refractivity contribution in [3.8, 4) is 5.88 Å². The van der Waals surface area contributed by atoms with Crippen LogP contribution in [-0.4, -0.2) is 17.1 Å². The lowest BCUT2D eigenvalue weighted by Crippen LogP contribution is -2.45. The van der Waals surface area contributed by atoms with Gasteiger partial charge in [-0.2, -0.15) is 4.98 Å². The summed E-state index contributed by atoms with van der Waals surface area (Å²) in [7, 11) is 1.48. The first kappa shape index (κ1) is 9.21. The molecule has 0 radical (unpaired) electrons. The summed E-state index contributed by atoms with van der Waals surface area (Å²) in [6.45, 7) is 0. The summed E-state index contributed by atoms with van der Waals surface area (Å²) in [5.74, 6) is 0.855. The molecule has 1 aromatic rings. The van der Waals surface area contributed by atoms with E-state index in [4.69, 9.17) is 10.5 Å². The van der Waals surface area contributed by atoms with Gasteiger partial charge in [0.15, 0.2) is 0 Å². The van der Waals surface area contributed by atoms with Gasteiger partial charge in [-0.1, -0.05) is 0 Å². The van der Waals surface area contributed by atoms with Crippen molar-refractivity contribution < 1.29 is 4.74 Å². The Morgan fingerprint density at radius 2 is 2.36 bits per heavy atom. The number of rotatable bonds is 2. The van der Waals surface area contributed by atoms with E-state index in [0.717, 1.165) is 19.3 Å². The number of ether oxygens (including phenoxy) is 1. The summed E-state index contributed by atoms with van der Waals surface area (Å²) < 4.78 is 4.91. The van der Waals surface area contributed by atoms with E-state index in [9.17, 15) is 4.79 Å². The molecule has 3 N–H and O–H groups in total. The topological polar surface area (TPSA) is 81.0 Å². The van der Waals surface area contributed by atoms with Crippen LogP contribution in [0.15, 0.2) is 10.9 Å². The quantitative estimate of drug-likeness (QED) is 0.702.